The van der Waals surface area contributed by atoms with E-state index in [9.17, 15) is 4.79 Å². The molecule has 0 aliphatic rings. The number of aromatic nitrogens is 2. The average Bonchev–Trinajstić information content (AvgIpc) is 3.19. The number of carbonyl (C=O) groups is 1. The second-order valence-corrected chi connectivity index (χ2v) is 8.46. The molecule has 2 aromatic heterocycles. The number of hydrogen-bond donors (Lipinski definition) is 2. The summed E-state index contributed by atoms with van der Waals surface area (Å²) in [6, 6.07) is 20.5. The van der Waals surface area contributed by atoms with Crippen molar-refractivity contribution in [3.8, 4) is 11.3 Å². The van der Waals surface area contributed by atoms with Gasteiger partial charge in [0, 0.05) is 30.7 Å². The molecule has 152 valence electrons. The molecule has 0 saturated carbocycles. The van der Waals surface area contributed by atoms with Gasteiger partial charge in [-0.3, -0.25) is 9.20 Å². The lowest BCUT2D eigenvalue weighted by Gasteiger charge is -2.19. The summed E-state index contributed by atoms with van der Waals surface area (Å²) in [7, 11) is 0. The summed E-state index contributed by atoms with van der Waals surface area (Å²) >= 11 is 0. The van der Waals surface area contributed by atoms with Crippen molar-refractivity contribution in [1.82, 2.24) is 9.38 Å². The molecule has 4 aromatic rings. The number of hydrogen-bond acceptors (Lipinski definition) is 3. The molecule has 4 rings (SSSR count). The fourth-order valence-electron chi connectivity index (χ4n) is 3.48. The summed E-state index contributed by atoms with van der Waals surface area (Å²) in [4.78, 5) is 15.8. The van der Waals surface area contributed by atoms with Crippen molar-refractivity contribution < 1.29 is 4.79 Å². The SMILES string of the molecule is CC(=O)Nc1ccc(-c2ccc(Nc3ccc(C(C)(C)C)cc3)c3nccn23)cc1. The van der Waals surface area contributed by atoms with Crippen molar-refractivity contribution in [2.75, 3.05) is 10.6 Å². The number of imidazole rings is 1. The number of rotatable bonds is 4. The molecular formula is C25H26N4O. The molecular weight excluding hydrogens is 372 g/mol. The Morgan fingerprint density at radius 1 is 0.900 bits per heavy atom. The van der Waals surface area contributed by atoms with Crippen LogP contribution in [0.4, 0.5) is 17.1 Å². The van der Waals surface area contributed by atoms with Gasteiger partial charge in [-0.25, -0.2) is 4.98 Å². The highest BCUT2D eigenvalue weighted by atomic mass is 16.1. The summed E-state index contributed by atoms with van der Waals surface area (Å²) in [6.45, 7) is 8.14. The molecule has 30 heavy (non-hydrogen) atoms. The Hall–Kier alpha value is -3.60. The molecule has 0 aliphatic heterocycles. The van der Waals surface area contributed by atoms with Crippen molar-refractivity contribution in [3.63, 3.8) is 0 Å². The number of amides is 1. The number of pyridine rings is 1. The highest BCUT2D eigenvalue weighted by molar-refractivity contribution is 5.89. The fourth-order valence-corrected chi connectivity index (χ4v) is 3.48. The summed E-state index contributed by atoms with van der Waals surface area (Å²) in [5.41, 5.74) is 7.13. The number of nitrogens with one attached hydrogen (secondary N) is 2. The zero-order valence-electron chi connectivity index (χ0n) is 17.7. The van der Waals surface area contributed by atoms with Crippen molar-refractivity contribution in [3.05, 3.63) is 78.6 Å². The van der Waals surface area contributed by atoms with Crippen LogP contribution in [0.2, 0.25) is 0 Å². The summed E-state index contributed by atoms with van der Waals surface area (Å²) < 4.78 is 2.07. The first kappa shape index (κ1) is 19.7. The van der Waals surface area contributed by atoms with Crippen LogP contribution < -0.4 is 10.6 Å². The van der Waals surface area contributed by atoms with Crippen molar-refractivity contribution >= 4 is 28.6 Å². The minimum atomic E-state index is -0.0780. The smallest absolute Gasteiger partial charge is 0.221 e. The van der Waals surface area contributed by atoms with Gasteiger partial charge in [-0.1, -0.05) is 45.0 Å². The first-order valence-corrected chi connectivity index (χ1v) is 10.0. The second-order valence-electron chi connectivity index (χ2n) is 8.46. The van der Waals surface area contributed by atoms with Crippen LogP contribution in [0.15, 0.2) is 73.1 Å². The van der Waals surface area contributed by atoms with E-state index in [4.69, 9.17) is 0 Å². The van der Waals surface area contributed by atoms with Gasteiger partial charge in [0.2, 0.25) is 5.91 Å². The molecule has 2 heterocycles. The van der Waals surface area contributed by atoms with Crippen LogP contribution in [0.1, 0.15) is 33.3 Å². The third kappa shape index (κ3) is 4.06. The van der Waals surface area contributed by atoms with Gasteiger partial charge in [0.05, 0.1) is 11.4 Å². The highest BCUT2D eigenvalue weighted by Crippen LogP contribution is 2.29. The van der Waals surface area contributed by atoms with E-state index in [0.717, 1.165) is 34.0 Å². The first-order chi connectivity index (χ1) is 14.3. The van der Waals surface area contributed by atoms with Crippen LogP contribution in [-0.4, -0.2) is 15.3 Å². The lowest BCUT2D eigenvalue weighted by molar-refractivity contribution is -0.114. The summed E-state index contributed by atoms with van der Waals surface area (Å²) in [6.07, 6.45) is 3.76. The van der Waals surface area contributed by atoms with E-state index in [2.05, 4.69) is 77.2 Å². The predicted molar refractivity (Wildman–Crippen MR) is 123 cm³/mol. The van der Waals surface area contributed by atoms with Gasteiger partial charge in [-0.15, -0.1) is 0 Å². The van der Waals surface area contributed by atoms with Gasteiger partial charge in [-0.05, 0) is 52.9 Å². The standard InChI is InChI=1S/C25H26N4O/c1-17(30)27-20-9-5-18(6-10-20)23-14-13-22(24-26-15-16-29(23)24)28-21-11-7-19(8-12-21)25(2,3)4/h5-16,28H,1-4H3,(H,27,30). The fraction of sp³-hybridized carbons (Fsp3) is 0.200. The number of carbonyl (C=O) groups excluding carboxylic acids is 1. The molecule has 1 amide bonds. The largest absolute Gasteiger partial charge is 0.352 e. The number of benzene rings is 2. The van der Waals surface area contributed by atoms with E-state index in [0.29, 0.717) is 0 Å². The molecule has 0 radical (unpaired) electrons. The topological polar surface area (TPSA) is 58.4 Å². The van der Waals surface area contributed by atoms with Crippen LogP contribution in [0.3, 0.4) is 0 Å². The average molecular weight is 399 g/mol. The van der Waals surface area contributed by atoms with E-state index in [1.54, 1.807) is 6.20 Å². The summed E-state index contributed by atoms with van der Waals surface area (Å²) in [5, 5.41) is 6.29. The zero-order valence-corrected chi connectivity index (χ0v) is 17.7. The number of nitrogens with zero attached hydrogens (tertiary/aromatic N) is 2. The first-order valence-electron chi connectivity index (χ1n) is 10.0. The Balaban J connectivity index is 1.63. The maximum absolute atomic E-state index is 11.2. The van der Waals surface area contributed by atoms with E-state index in [1.165, 1.54) is 12.5 Å². The highest BCUT2D eigenvalue weighted by Gasteiger charge is 2.13. The zero-order chi connectivity index (χ0) is 21.3. The van der Waals surface area contributed by atoms with Crippen LogP contribution >= 0.6 is 0 Å². The molecule has 5 heteroatoms. The molecule has 0 aliphatic carbocycles. The molecule has 0 atom stereocenters. The van der Waals surface area contributed by atoms with E-state index in [-0.39, 0.29) is 11.3 Å². The molecule has 0 fully saturated rings. The Labute approximate surface area is 176 Å². The Kier molecular flexibility index (Phi) is 5.04. The lowest BCUT2D eigenvalue weighted by Crippen LogP contribution is -2.10. The van der Waals surface area contributed by atoms with Gasteiger partial charge >= 0.3 is 0 Å². The quantitative estimate of drug-likeness (QED) is 0.443. The molecule has 0 unspecified atom stereocenters. The maximum Gasteiger partial charge on any atom is 0.221 e. The van der Waals surface area contributed by atoms with Gasteiger partial charge in [-0.2, -0.15) is 0 Å². The van der Waals surface area contributed by atoms with E-state index < -0.39 is 0 Å². The minimum Gasteiger partial charge on any atom is -0.352 e. The summed E-state index contributed by atoms with van der Waals surface area (Å²) in [5.74, 6) is -0.0780. The third-order valence-electron chi connectivity index (χ3n) is 5.08. The Morgan fingerprint density at radius 3 is 2.20 bits per heavy atom. The van der Waals surface area contributed by atoms with Crippen LogP contribution in [0.25, 0.3) is 16.9 Å². The molecule has 0 saturated heterocycles. The van der Waals surface area contributed by atoms with Crippen LogP contribution in [-0.2, 0) is 10.2 Å². The number of anilines is 3. The molecule has 0 bridgehead atoms. The van der Waals surface area contributed by atoms with Crippen LogP contribution in [0, 0.1) is 0 Å². The van der Waals surface area contributed by atoms with Gasteiger partial charge < -0.3 is 10.6 Å². The molecule has 2 aromatic carbocycles. The molecule has 0 spiro atoms. The van der Waals surface area contributed by atoms with Crippen molar-refractivity contribution in [1.29, 1.82) is 0 Å². The predicted octanol–water partition coefficient (Wildman–Crippen LogP) is 6.00. The Bertz CT molecular complexity index is 1180. The minimum absolute atomic E-state index is 0.0780. The van der Waals surface area contributed by atoms with E-state index in [1.807, 2.05) is 30.5 Å². The molecule has 2 N–H and O–H groups in total. The van der Waals surface area contributed by atoms with Crippen LogP contribution in [0.5, 0.6) is 0 Å². The second kappa shape index (κ2) is 7.67. The monoisotopic (exact) mass is 398 g/mol. The lowest BCUT2D eigenvalue weighted by atomic mass is 9.87. The molecule has 5 nitrogen and oxygen atoms in total. The third-order valence-corrected chi connectivity index (χ3v) is 5.08. The van der Waals surface area contributed by atoms with Gasteiger partial charge in [0.25, 0.3) is 0 Å². The van der Waals surface area contributed by atoms with Crippen molar-refractivity contribution in [2.24, 2.45) is 0 Å². The van der Waals surface area contributed by atoms with E-state index >= 15 is 0 Å². The maximum atomic E-state index is 11.2. The normalized spacial score (nSPS) is 11.5. The van der Waals surface area contributed by atoms with Gasteiger partial charge in [0.1, 0.15) is 0 Å². The number of fused-ring (bicyclic) bond motifs is 1. The van der Waals surface area contributed by atoms with Gasteiger partial charge in [0.15, 0.2) is 5.65 Å². The van der Waals surface area contributed by atoms with Crippen molar-refractivity contribution in [2.45, 2.75) is 33.1 Å². The Morgan fingerprint density at radius 2 is 1.57 bits per heavy atom.